The number of fused-ring (bicyclic) bond motifs is 1. The Morgan fingerprint density at radius 2 is 2.00 bits per heavy atom. The zero-order chi connectivity index (χ0) is 15.5. The van der Waals surface area contributed by atoms with Crippen molar-refractivity contribution < 1.29 is 8.39 Å². The molecule has 0 saturated carbocycles. The van der Waals surface area contributed by atoms with Gasteiger partial charge in [0.2, 0.25) is 0 Å². The molecule has 4 nitrogen and oxygen atoms in total. The van der Waals surface area contributed by atoms with Gasteiger partial charge in [0, 0.05) is 35.4 Å². The van der Waals surface area contributed by atoms with E-state index < -0.39 is 10.9 Å². The van der Waals surface area contributed by atoms with Crippen molar-refractivity contribution in [2.24, 2.45) is 4.36 Å². The van der Waals surface area contributed by atoms with Crippen LogP contribution in [0.1, 0.15) is 5.56 Å². The molecule has 0 aliphatic heterocycles. The third kappa shape index (κ3) is 3.24. The van der Waals surface area contributed by atoms with E-state index in [1.807, 2.05) is 42.6 Å². The van der Waals surface area contributed by atoms with Gasteiger partial charge in [0.15, 0.2) is 0 Å². The number of benzene rings is 2. The molecular formula is C16H14BrN2O2S-. The summed E-state index contributed by atoms with van der Waals surface area (Å²) in [5.74, 6) is 0. The lowest BCUT2D eigenvalue weighted by molar-refractivity contribution is 0.438. The highest BCUT2D eigenvalue weighted by molar-refractivity contribution is 9.10. The van der Waals surface area contributed by atoms with E-state index in [0.717, 1.165) is 21.9 Å². The smallest absolute Gasteiger partial charge is 0.0515 e. The molecule has 0 aliphatic carbocycles. The van der Waals surface area contributed by atoms with E-state index in [2.05, 4.69) is 37.0 Å². The zero-order valence-corrected chi connectivity index (χ0v) is 14.3. The zero-order valence-electron chi connectivity index (χ0n) is 11.9. The van der Waals surface area contributed by atoms with Crippen LogP contribution in [0.5, 0.6) is 0 Å². The number of nitrogens with zero attached hydrogens (tertiary/aromatic N) is 2. The molecule has 0 saturated heterocycles. The van der Waals surface area contributed by atoms with Crippen molar-refractivity contribution in [3.63, 3.8) is 0 Å². The third-order valence-corrected chi connectivity index (χ3v) is 4.43. The monoisotopic (exact) mass is 377 g/mol. The molecule has 1 aromatic heterocycles. The summed E-state index contributed by atoms with van der Waals surface area (Å²) in [7, 11) is -0.306. The van der Waals surface area contributed by atoms with Crippen LogP contribution in [0.4, 0.5) is 5.69 Å². The molecule has 3 rings (SSSR count). The molecule has 0 atom stereocenters. The van der Waals surface area contributed by atoms with Crippen LogP contribution in [0, 0.1) is 0 Å². The second kappa shape index (κ2) is 6.64. The van der Waals surface area contributed by atoms with Gasteiger partial charge in [-0.2, -0.15) is 0 Å². The van der Waals surface area contributed by atoms with Gasteiger partial charge in [-0.05, 0) is 23.8 Å². The Kier molecular flexibility index (Phi) is 4.61. The van der Waals surface area contributed by atoms with Crippen LogP contribution in [-0.2, 0) is 25.8 Å². The van der Waals surface area contributed by atoms with Gasteiger partial charge >= 0.3 is 0 Å². The normalized spacial score (nSPS) is 12.8. The van der Waals surface area contributed by atoms with Crippen LogP contribution in [0.3, 0.4) is 0 Å². The number of aromatic nitrogens is 1. The second-order valence-corrected chi connectivity index (χ2v) is 6.63. The minimum Gasteiger partial charge on any atom is -0.441 e. The van der Waals surface area contributed by atoms with Crippen molar-refractivity contribution in [1.82, 2.24) is 4.57 Å². The summed E-state index contributed by atoms with van der Waals surface area (Å²) in [6.07, 6.45) is 2.01. The lowest BCUT2D eigenvalue weighted by Crippen LogP contribution is -1.97. The Balaban J connectivity index is 2.09. The fourth-order valence-corrected chi connectivity index (χ4v) is 3.17. The van der Waals surface area contributed by atoms with Crippen LogP contribution in [0.2, 0.25) is 0 Å². The standard InChI is InChI=1S/C16H14BrN2O2S/c1-21-22(20)18-15-9-13(17)10-16-14(15)7-8-19(16)11-12-5-3-2-4-6-12/h2-10H,11H2,1H3/q-1. The summed E-state index contributed by atoms with van der Waals surface area (Å²) in [5, 5.41) is 0.949. The van der Waals surface area contributed by atoms with Crippen LogP contribution in [-0.4, -0.2) is 11.7 Å². The van der Waals surface area contributed by atoms with Gasteiger partial charge in [-0.3, -0.25) is 0 Å². The lowest BCUT2D eigenvalue weighted by atomic mass is 10.2. The quantitative estimate of drug-likeness (QED) is 0.613. The topological polar surface area (TPSA) is 43.6 Å². The van der Waals surface area contributed by atoms with Crippen molar-refractivity contribution in [3.8, 4) is 0 Å². The molecule has 0 bridgehead atoms. The Morgan fingerprint density at radius 3 is 2.73 bits per heavy atom. The van der Waals surface area contributed by atoms with Crippen molar-refractivity contribution in [1.29, 1.82) is 0 Å². The maximum Gasteiger partial charge on any atom is 0.0515 e. The van der Waals surface area contributed by atoms with E-state index in [-0.39, 0.29) is 0 Å². The van der Waals surface area contributed by atoms with E-state index in [1.165, 1.54) is 12.7 Å². The summed E-state index contributed by atoms with van der Waals surface area (Å²) in [6.45, 7) is 0.771. The Hall–Kier alpha value is -1.63. The Bertz CT molecular complexity index is 884. The minimum atomic E-state index is -1.68. The molecule has 22 heavy (non-hydrogen) atoms. The second-order valence-electron chi connectivity index (χ2n) is 4.76. The molecule has 0 radical (unpaired) electrons. The predicted molar refractivity (Wildman–Crippen MR) is 92.3 cm³/mol. The first-order chi connectivity index (χ1) is 10.7. The first-order valence-electron chi connectivity index (χ1n) is 6.68. The largest absolute Gasteiger partial charge is 0.441 e. The molecule has 0 amide bonds. The first-order valence-corrected chi connectivity index (χ1v) is 8.50. The van der Waals surface area contributed by atoms with Gasteiger partial charge in [0.1, 0.15) is 0 Å². The van der Waals surface area contributed by atoms with Gasteiger partial charge < -0.3 is 17.3 Å². The SMILES string of the molecule is CO[S-](=O)=Nc1cc(Br)cc2c1ccn2Cc1ccccc1. The lowest BCUT2D eigenvalue weighted by Gasteiger charge is -2.08. The van der Waals surface area contributed by atoms with Crippen LogP contribution < -0.4 is 0 Å². The summed E-state index contributed by atoms with van der Waals surface area (Å²) in [4.78, 5) is 0. The third-order valence-electron chi connectivity index (χ3n) is 3.34. The first kappa shape index (κ1) is 15.3. The van der Waals surface area contributed by atoms with Crippen molar-refractivity contribution in [2.75, 3.05) is 7.11 Å². The maximum atomic E-state index is 11.5. The van der Waals surface area contributed by atoms with E-state index in [9.17, 15) is 4.21 Å². The predicted octanol–water partition coefficient (Wildman–Crippen LogP) is 4.79. The average Bonchev–Trinajstić information content (AvgIpc) is 2.91. The van der Waals surface area contributed by atoms with Gasteiger partial charge in [-0.1, -0.05) is 57.1 Å². The Morgan fingerprint density at radius 1 is 1.23 bits per heavy atom. The maximum absolute atomic E-state index is 11.5. The van der Waals surface area contributed by atoms with Crippen molar-refractivity contribution >= 4 is 43.4 Å². The molecule has 0 spiro atoms. The molecule has 2 aromatic carbocycles. The highest BCUT2D eigenvalue weighted by Crippen LogP contribution is 2.32. The summed E-state index contributed by atoms with van der Waals surface area (Å²) >= 11 is 3.49. The molecule has 0 aliphatic rings. The molecule has 0 unspecified atom stereocenters. The van der Waals surface area contributed by atoms with Crippen molar-refractivity contribution in [3.05, 3.63) is 64.8 Å². The Labute approximate surface area is 139 Å². The molecule has 114 valence electrons. The summed E-state index contributed by atoms with van der Waals surface area (Å²) in [6, 6.07) is 16.1. The highest BCUT2D eigenvalue weighted by Gasteiger charge is 2.06. The minimum absolute atomic E-state index is 0.649. The van der Waals surface area contributed by atoms with E-state index in [4.69, 9.17) is 4.18 Å². The van der Waals surface area contributed by atoms with Gasteiger partial charge in [-0.25, -0.2) is 0 Å². The highest BCUT2D eigenvalue weighted by atomic mass is 79.9. The van der Waals surface area contributed by atoms with Crippen LogP contribution in [0.25, 0.3) is 10.9 Å². The molecule has 0 fully saturated rings. The van der Waals surface area contributed by atoms with Crippen LogP contribution in [0.15, 0.2) is 63.6 Å². The molecule has 3 aromatic rings. The fourth-order valence-electron chi connectivity index (χ4n) is 2.35. The molecular weight excluding hydrogens is 364 g/mol. The van der Waals surface area contributed by atoms with E-state index in [0.29, 0.717) is 5.69 Å². The number of halogens is 1. The number of hydrogen-bond acceptors (Lipinski definition) is 4. The van der Waals surface area contributed by atoms with E-state index in [1.54, 1.807) is 0 Å². The summed E-state index contributed by atoms with van der Waals surface area (Å²) < 4.78 is 23.4. The molecule has 6 heteroatoms. The molecule has 1 heterocycles. The molecule has 0 N–H and O–H groups in total. The summed E-state index contributed by atoms with van der Waals surface area (Å²) in [5.41, 5.74) is 2.90. The van der Waals surface area contributed by atoms with E-state index >= 15 is 0 Å². The average molecular weight is 378 g/mol. The number of hydrogen-bond donors (Lipinski definition) is 0. The van der Waals surface area contributed by atoms with Gasteiger partial charge in [0.25, 0.3) is 0 Å². The van der Waals surface area contributed by atoms with Gasteiger partial charge in [-0.15, -0.1) is 0 Å². The van der Waals surface area contributed by atoms with Gasteiger partial charge in [0.05, 0.1) is 5.52 Å². The fraction of sp³-hybridized carbons (Fsp3) is 0.125. The number of rotatable bonds is 4. The van der Waals surface area contributed by atoms with Crippen molar-refractivity contribution in [2.45, 2.75) is 6.54 Å². The van der Waals surface area contributed by atoms with Crippen LogP contribution >= 0.6 is 15.9 Å².